The van der Waals surface area contributed by atoms with Crippen molar-refractivity contribution in [2.24, 2.45) is 5.73 Å². The highest BCUT2D eigenvalue weighted by atomic mass is 32.1. The summed E-state index contributed by atoms with van der Waals surface area (Å²) in [5.74, 6) is -0.840. The van der Waals surface area contributed by atoms with E-state index in [1.807, 2.05) is 41.8 Å². The highest BCUT2D eigenvalue weighted by Gasteiger charge is 2.16. The number of rotatable bonds is 5. The van der Waals surface area contributed by atoms with Crippen molar-refractivity contribution in [3.63, 3.8) is 0 Å². The number of benzene rings is 2. The molecule has 0 unspecified atom stereocenters. The monoisotopic (exact) mass is 337 g/mol. The molecule has 5 heteroatoms. The number of esters is 1. The lowest BCUT2D eigenvalue weighted by molar-refractivity contribution is 0.0479. The van der Waals surface area contributed by atoms with E-state index in [0.717, 1.165) is 16.7 Å². The van der Waals surface area contributed by atoms with E-state index < -0.39 is 5.91 Å². The number of thiophene rings is 1. The SMILES string of the molecule is NC(=O)c1ccc(COC(=O)c2sccc2-c2ccccc2)cc1. The molecule has 3 aromatic rings. The van der Waals surface area contributed by atoms with Crippen molar-refractivity contribution in [1.29, 1.82) is 0 Å². The lowest BCUT2D eigenvalue weighted by Crippen LogP contribution is -2.10. The minimum Gasteiger partial charge on any atom is -0.457 e. The van der Waals surface area contributed by atoms with Gasteiger partial charge in [0.25, 0.3) is 0 Å². The molecule has 1 aromatic heterocycles. The predicted molar refractivity (Wildman–Crippen MR) is 93.8 cm³/mol. The molecule has 0 saturated heterocycles. The molecule has 0 radical (unpaired) electrons. The molecule has 0 aliphatic rings. The van der Waals surface area contributed by atoms with Gasteiger partial charge < -0.3 is 10.5 Å². The van der Waals surface area contributed by atoms with Gasteiger partial charge in [-0.25, -0.2) is 4.79 Å². The molecule has 0 bridgehead atoms. The van der Waals surface area contributed by atoms with Gasteiger partial charge in [-0.05, 0) is 34.7 Å². The van der Waals surface area contributed by atoms with Gasteiger partial charge in [-0.2, -0.15) is 0 Å². The highest BCUT2D eigenvalue weighted by Crippen LogP contribution is 2.29. The number of amides is 1. The summed E-state index contributed by atoms with van der Waals surface area (Å²) in [7, 11) is 0. The van der Waals surface area contributed by atoms with Crippen LogP contribution in [-0.2, 0) is 11.3 Å². The molecule has 2 aromatic carbocycles. The molecule has 1 heterocycles. The molecule has 2 N–H and O–H groups in total. The first-order chi connectivity index (χ1) is 11.6. The van der Waals surface area contributed by atoms with Crippen molar-refractivity contribution in [2.75, 3.05) is 0 Å². The van der Waals surface area contributed by atoms with Crippen LogP contribution in [0.3, 0.4) is 0 Å². The van der Waals surface area contributed by atoms with E-state index in [4.69, 9.17) is 10.5 Å². The van der Waals surface area contributed by atoms with E-state index in [1.165, 1.54) is 11.3 Å². The van der Waals surface area contributed by atoms with E-state index in [1.54, 1.807) is 24.3 Å². The predicted octanol–water partition coefficient (Wildman–Crippen LogP) is 3.87. The maximum atomic E-state index is 12.4. The Labute approximate surface area is 143 Å². The number of ether oxygens (including phenoxy) is 1. The Hall–Kier alpha value is -2.92. The molecule has 0 atom stereocenters. The third kappa shape index (κ3) is 3.52. The number of carbonyl (C=O) groups excluding carboxylic acids is 2. The Balaban J connectivity index is 1.70. The molecule has 120 valence electrons. The van der Waals surface area contributed by atoms with Gasteiger partial charge in [0.2, 0.25) is 5.91 Å². The highest BCUT2D eigenvalue weighted by molar-refractivity contribution is 7.12. The maximum Gasteiger partial charge on any atom is 0.349 e. The zero-order chi connectivity index (χ0) is 16.9. The second-order valence-corrected chi connectivity index (χ2v) is 6.08. The molecule has 0 spiro atoms. The summed E-state index contributed by atoms with van der Waals surface area (Å²) in [6.45, 7) is 0.143. The van der Waals surface area contributed by atoms with E-state index >= 15 is 0 Å². The second-order valence-electron chi connectivity index (χ2n) is 5.17. The number of hydrogen-bond donors (Lipinski definition) is 1. The third-order valence-corrected chi connectivity index (χ3v) is 4.44. The summed E-state index contributed by atoms with van der Waals surface area (Å²) in [5, 5.41) is 1.88. The zero-order valence-corrected chi connectivity index (χ0v) is 13.6. The standard InChI is InChI=1S/C19H15NO3S/c20-18(21)15-8-6-13(7-9-15)12-23-19(22)17-16(10-11-24-17)14-4-2-1-3-5-14/h1-11H,12H2,(H2,20,21). The smallest absolute Gasteiger partial charge is 0.349 e. The molecule has 0 aliphatic heterocycles. The summed E-state index contributed by atoms with van der Waals surface area (Å²) in [5.41, 5.74) is 8.28. The molecule has 24 heavy (non-hydrogen) atoms. The summed E-state index contributed by atoms with van der Waals surface area (Å²) in [6.07, 6.45) is 0. The number of nitrogens with two attached hydrogens (primary N) is 1. The Bertz CT molecular complexity index is 854. The van der Waals surface area contributed by atoms with Crippen molar-refractivity contribution in [1.82, 2.24) is 0 Å². The van der Waals surface area contributed by atoms with Gasteiger partial charge in [-0.3, -0.25) is 4.79 Å². The number of carbonyl (C=O) groups is 2. The molecule has 4 nitrogen and oxygen atoms in total. The summed E-state index contributed by atoms with van der Waals surface area (Å²) in [4.78, 5) is 24.0. The van der Waals surface area contributed by atoms with Crippen LogP contribution in [0.4, 0.5) is 0 Å². The average Bonchev–Trinajstić information content (AvgIpc) is 3.10. The van der Waals surface area contributed by atoms with Crippen molar-refractivity contribution in [2.45, 2.75) is 6.61 Å². The molecule has 0 fully saturated rings. The summed E-state index contributed by atoms with van der Waals surface area (Å²) in [6, 6.07) is 18.3. The van der Waals surface area contributed by atoms with Crippen LogP contribution in [0.5, 0.6) is 0 Å². The van der Waals surface area contributed by atoms with Crippen LogP contribution < -0.4 is 5.73 Å². The van der Waals surface area contributed by atoms with E-state index in [-0.39, 0.29) is 12.6 Å². The number of primary amides is 1. The van der Waals surface area contributed by atoms with Gasteiger partial charge in [-0.1, -0.05) is 42.5 Å². The van der Waals surface area contributed by atoms with E-state index in [2.05, 4.69) is 0 Å². The molecular formula is C19H15NO3S. The van der Waals surface area contributed by atoms with Gasteiger partial charge >= 0.3 is 5.97 Å². The fourth-order valence-electron chi connectivity index (χ4n) is 2.29. The van der Waals surface area contributed by atoms with Crippen molar-refractivity contribution < 1.29 is 14.3 Å². The Kier molecular flexibility index (Phi) is 4.72. The first-order valence-corrected chi connectivity index (χ1v) is 8.22. The van der Waals surface area contributed by atoms with Crippen LogP contribution in [0.15, 0.2) is 66.0 Å². The minimum atomic E-state index is -0.482. The van der Waals surface area contributed by atoms with Crippen LogP contribution in [0.2, 0.25) is 0 Å². The Morgan fingerprint density at radius 3 is 2.33 bits per heavy atom. The second kappa shape index (κ2) is 7.10. The first kappa shape index (κ1) is 16.0. The van der Waals surface area contributed by atoms with E-state index in [9.17, 15) is 9.59 Å². The van der Waals surface area contributed by atoms with Gasteiger partial charge in [-0.15, -0.1) is 11.3 Å². The van der Waals surface area contributed by atoms with Gasteiger partial charge in [0.05, 0.1) is 0 Å². The van der Waals surface area contributed by atoms with Gasteiger partial charge in [0.15, 0.2) is 0 Å². The van der Waals surface area contributed by atoms with Crippen LogP contribution >= 0.6 is 11.3 Å². The maximum absolute atomic E-state index is 12.4. The van der Waals surface area contributed by atoms with E-state index in [0.29, 0.717) is 10.4 Å². The summed E-state index contributed by atoms with van der Waals surface area (Å²) < 4.78 is 5.39. The normalized spacial score (nSPS) is 10.3. The minimum absolute atomic E-state index is 0.143. The first-order valence-electron chi connectivity index (χ1n) is 7.34. The molecule has 1 amide bonds. The third-order valence-electron chi connectivity index (χ3n) is 3.54. The lowest BCUT2D eigenvalue weighted by atomic mass is 10.1. The summed E-state index contributed by atoms with van der Waals surface area (Å²) >= 11 is 1.36. The fourth-order valence-corrected chi connectivity index (χ4v) is 3.10. The largest absolute Gasteiger partial charge is 0.457 e. The molecule has 0 aliphatic carbocycles. The van der Waals surface area contributed by atoms with Crippen molar-refractivity contribution >= 4 is 23.2 Å². The topological polar surface area (TPSA) is 69.4 Å². The van der Waals surface area contributed by atoms with Crippen LogP contribution in [-0.4, -0.2) is 11.9 Å². The zero-order valence-electron chi connectivity index (χ0n) is 12.8. The van der Waals surface area contributed by atoms with Crippen LogP contribution in [0, 0.1) is 0 Å². The quantitative estimate of drug-likeness (QED) is 0.719. The molecular weight excluding hydrogens is 322 g/mol. The van der Waals surface area contributed by atoms with Gasteiger partial charge in [0.1, 0.15) is 11.5 Å². The Morgan fingerprint density at radius 2 is 1.67 bits per heavy atom. The lowest BCUT2D eigenvalue weighted by Gasteiger charge is -2.06. The average molecular weight is 337 g/mol. The Morgan fingerprint density at radius 1 is 0.958 bits per heavy atom. The van der Waals surface area contributed by atoms with Crippen LogP contribution in [0.25, 0.3) is 11.1 Å². The number of hydrogen-bond acceptors (Lipinski definition) is 4. The fraction of sp³-hybridized carbons (Fsp3) is 0.0526. The molecule has 3 rings (SSSR count). The molecule has 0 saturated carbocycles. The van der Waals surface area contributed by atoms with Crippen molar-refractivity contribution in [3.8, 4) is 11.1 Å². The van der Waals surface area contributed by atoms with Crippen molar-refractivity contribution in [3.05, 3.63) is 82.0 Å². The van der Waals surface area contributed by atoms with Crippen LogP contribution in [0.1, 0.15) is 25.6 Å². The van der Waals surface area contributed by atoms with Gasteiger partial charge in [0, 0.05) is 11.1 Å².